The maximum atomic E-state index is 10.6. The molecule has 1 fully saturated rings. The third-order valence-electron chi connectivity index (χ3n) is 6.08. The molecule has 198 valence electrons. The molecule has 1 aliphatic heterocycles. The van der Waals surface area contributed by atoms with Gasteiger partial charge in [0.1, 0.15) is 31.2 Å². The lowest BCUT2D eigenvalue weighted by atomic mass is 10.1. The SMILES string of the molecule is COc1cc(C=NNc2nc3c(N)ncnc3n2C2OC(CO)C(O)C2O)ccc1OCc1ccccc1. The highest BCUT2D eigenvalue weighted by Crippen LogP contribution is 2.35. The van der Waals surface area contributed by atoms with E-state index in [1.54, 1.807) is 25.5 Å². The first kappa shape index (κ1) is 25.4. The highest BCUT2D eigenvalue weighted by molar-refractivity contribution is 5.85. The minimum Gasteiger partial charge on any atom is -0.493 e. The van der Waals surface area contributed by atoms with Crippen molar-refractivity contribution in [1.29, 1.82) is 0 Å². The van der Waals surface area contributed by atoms with Crippen LogP contribution in [0.4, 0.5) is 11.8 Å². The lowest BCUT2D eigenvalue weighted by Gasteiger charge is -2.18. The summed E-state index contributed by atoms with van der Waals surface area (Å²) in [6.45, 7) is -0.0817. The van der Waals surface area contributed by atoms with E-state index in [9.17, 15) is 15.3 Å². The van der Waals surface area contributed by atoms with Crippen molar-refractivity contribution in [1.82, 2.24) is 19.5 Å². The minimum absolute atomic E-state index is 0.114. The van der Waals surface area contributed by atoms with E-state index >= 15 is 0 Å². The predicted octanol–water partition coefficient (Wildman–Crippen LogP) is 1.05. The number of nitrogen functional groups attached to an aromatic ring is 1. The molecule has 38 heavy (non-hydrogen) atoms. The maximum Gasteiger partial charge on any atom is 0.228 e. The molecule has 13 nitrogen and oxygen atoms in total. The van der Waals surface area contributed by atoms with Gasteiger partial charge in [-0.25, -0.2) is 20.4 Å². The number of aliphatic hydroxyl groups is 3. The van der Waals surface area contributed by atoms with Gasteiger partial charge in [0.15, 0.2) is 34.7 Å². The average Bonchev–Trinajstić information content (AvgIpc) is 3.45. The molecule has 4 atom stereocenters. The highest BCUT2D eigenvalue weighted by Gasteiger charge is 2.45. The van der Waals surface area contributed by atoms with Crippen LogP contribution in [0.2, 0.25) is 0 Å². The molecule has 0 spiro atoms. The Kier molecular flexibility index (Phi) is 7.33. The Balaban J connectivity index is 1.37. The maximum absolute atomic E-state index is 10.6. The van der Waals surface area contributed by atoms with E-state index in [1.807, 2.05) is 36.4 Å². The van der Waals surface area contributed by atoms with Gasteiger partial charge < -0.3 is 35.3 Å². The van der Waals surface area contributed by atoms with Gasteiger partial charge in [-0.2, -0.15) is 5.10 Å². The van der Waals surface area contributed by atoms with Crippen LogP contribution in [0.1, 0.15) is 17.4 Å². The Morgan fingerprint density at radius 2 is 1.95 bits per heavy atom. The number of ether oxygens (including phenoxy) is 3. The summed E-state index contributed by atoms with van der Waals surface area (Å²) in [5.74, 6) is 1.37. The predicted molar refractivity (Wildman–Crippen MR) is 138 cm³/mol. The third kappa shape index (κ3) is 4.95. The summed E-state index contributed by atoms with van der Waals surface area (Å²) in [7, 11) is 1.55. The fourth-order valence-corrected chi connectivity index (χ4v) is 4.12. The summed E-state index contributed by atoms with van der Waals surface area (Å²) in [6, 6.07) is 15.2. The molecule has 6 N–H and O–H groups in total. The van der Waals surface area contributed by atoms with Crippen molar-refractivity contribution in [3.63, 3.8) is 0 Å². The van der Waals surface area contributed by atoms with Crippen molar-refractivity contribution in [3.8, 4) is 11.5 Å². The molecule has 4 unspecified atom stereocenters. The molecule has 0 radical (unpaired) electrons. The zero-order chi connectivity index (χ0) is 26.6. The van der Waals surface area contributed by atoms with Gasteiger partial charge in [0.05, 0.1) is 19.9 Å². The number of fused-ring (bicyclic) bond motifs is 1. The van der Waals surface area contributed by atoms with E-state index in [2.05, 4.69) is 25.5 Å². The zero-order valence-corrected chi connectivity index (χ0v) is 20.4. The number of hydrogen-bond acceptors (Lipinski definition) is 12. The number of methoxy groups -OCH3 is 1. The van der Waals surface area contributed by atoms with Gasteiger partial charge in [0.25, 0.3) is 0 Å². The van der Waals surface area contributed by atoms with Crippen LogP contribution < -0.4 is 20.6 Å². The van der Waals surface area contributed by atoms with Gasteiger partial charge in [-0.1, -0.05) is 30.3 Å². The number of benzene rings is 2. The Morgan fingerprint density at radius 1 is 1.13 bits per heavy atom. The Labute approximate surface area is 217 Å². The smallest absolute Gasteiger partial charge is 0.228 e. The molecule has 2 aromatic heterocycles. The molecule has 0 amide bonds. The van der Waals surface area contributed by atoms with Crippen molar-refractivity contribution in [2.75, 3.05) is 24.9 Å². The van der Waals surface area contributed by atoms with E-state index < -0.39 is 31.1 Å². The number of hydrazone groups is 1. The van der Waals surface area contributed by atoms with E-state index in [0.29, 0.717) is 23.7 Å². The van der Waals surface area contributed by atoms with Crippen LogP contribution in [0.3, 0.4) is 0 Å². The molecule has 4 aromatic rings. The number of nitrogens with zero attached hydrogens (tertiary/aromatic N) is 5. The minimum atomic E-state index is -1.36. The van der Waals surface area contributed by atoms with Crippen LogP contribution in [-0.4, -0.2) is 73.1 Å². The number of nitrogens with two attached hydrogens (primary N) is 1. The van der Waals surface area contributed by atoms with E-state index in [4.69, 9.17) is 19.9 Å². The van der Waals surface area contributed by atoms with Crippen LogP contribution in [-0.2, 0) is 11.3 Å². The molecular formula is C25H27N7O6. The molecule has 1 aliphatic rings. The second-order valence-corrected chi connectivity index (χ2v) is 8.52. The summed E-state index contributed by atoms with van der Waals surface area (Å²) in [4.78, 5) is 12.6. The van der Waals surface area contributed by atoms with Crippen molar-refractivity contribution in [2.24, 2.45) is 5.10 Å². The molecular weight excluding hydrogens is 494 g/mol. The Morgan fingerprint density at radius 3 is 2.68 bits per heavy atom. The number of anilines is 2. The van der Waals surface area contributed by atoms with Crippen molar-refractivity contribution < 1.29 is 29.5 Å². The quantitative estimate of drug-likeness (QED) is 0.157. The van der Waals surface area contributed by atoms with Crippen molar-refractivity contribution in [2.45, 2.75) is 31.1 Å². The van der Waals surface area contributed by atoms with Gasteiger partial charge >= 0.3 is 0 Å². The molecule has 0 bridgehead atoms. The highest BCUT2D eigenvalue weighted by atomic mass is 16.6. The Hall–Kier alpha value is -4.30. The molecule has 1 saturated heterocycles. The molecule has 2 aromatic carbocycles. The van der Waals surface area contributed by atoms with Crippen LogP contribution in [0.15, 0.2) is 60.0 Å². The first-order valence-corrected chi connectivity index (χ1v) is 11.7. The molecule has 3 heterocycles. The van der Waals surface area contributed by atoms with Crippen molar-refractivity contribution in [3.05, 3.63) is 66.0 Å². The van der Waals surface area contributed by atoms with Crippen LogP contribution in [0.25, 0.3) is 11.2 Å². The standard InChI is InChI=1S/C25H27N7O6/c1-36-17-9-15(7-8-16(17)37-12-14-5-3-2-4-6-14)10-29-31-25-30-19-22(26)27-13-28-23(19)32(25)24-21(35)20(34)18(11-33)38-24/h2-10,13,18,20-21,24,33-35H,11-12H2,1H3,(H,30,31)(H2,26,27,28). The average molecular weight is 522 g/mol. The monoisotopic (exact) mass is 521 g/mol. The number of nitrogens with one attached hydrogen (secondary N) is 1. The summed E-state index contributed by atoms with van der Waals surface area (Å²) >= 11 is 0. The number of hydrogen-bond donors (Lipinski definition) is 5. The Bertz CT molecular complexity index is 1430. The first-order chi connectivity index (χ1) is 18.5. The number of imidazole rings is 1. The van der Waals surface area contributed by atoms with Gasteiger partial charge in [0, 0.05) is 0 Å². The van der Waals surface area contributed by atoms with Gasteiger partial charge in [-0.3, -0.25) is 4.57 Å². The second kappa shape index (κ2) is 11.0. The largest absolute Gasteiger partial charge is 0.493 e. The number of aliphatic hydroxyl groups excluding tert-OH is 3. The first-order valence-electron chi connectivity index (χ1n) is 11.7. The van der Waals surface area contributed by atoms with Crippen LogP contribution >= 0.6 is 0 Å². The third-order valence-corrected chi connectivity index (χ3v) is 6.08. The fraction of sp³-hybridized carbons (Fsp3) is 0.280. The molecule has 13 heteroatoms. The topological polar surface area (TPSA) is 182 Å². The molecule has 0 saturated carbocycles. The lowest BCUT2D eigenvalue weighted by molar-refractivity contribution is -0.0501. The zero-order valence-electron chi connectivity index (χ0n) is 20.4. The summed E-state index contributed by atoms with van der Waals surface area (Å²) < 4.78 is 18.5. The summed E-state index contributed by atoms with van der Waals surface area (Å²) in [5, 5.41) is 34.6. The van der Waals surface area contributed by atoms with Crippen molar-refractivity contribution >= 4 is 29.1 Å². The fourth-order valence-electron chi connectivity index (χ4n) is 4.12. The van der Waals surface area contributed by atoms with Gasteiger partial charge in [-0.15, -0.1) is 0 Å². The number of rotatable bonds is 9. The van der Waals surface area contributed by atoms with Gasteiger partial charge in [-0.05, 0) is 29.3 Å². The van der Waals surface area contributed by atoms with Crippen LogP contribution in [0.5, 0.6) is 11.5 Å². The van der Waals surface area contributed by atoms with E-state index in [-0.39, 0.29) is 22.9 Å². The molecule has 5 rings (SSSR count). The van der Waals surface area contributed by atoms with Crippen LogP contribution in [0, 0.1) is 0 Å². The second-order valence-electron chi connectivity index (χ2n) is 8.52. The van der Waals surface area contributed by atoms with Gasteiger partial charge in [0.2, 0.25) is 5.95 Å². The van der Waals surface area contributed by atoms with E-state index in [1.165, 1.54) is 10.9 Å². The lowest BCUT2D eigenvalue weighted by Crippen LogP contribution is -2.33. The normalized spacial score (nSPS) is 21.3. The van der Waals surface area contributed by atoms with E-state index in [0.717, 1.165) is 5.56 Å². The number of aromatic nitrogens is 4. The summed E-state index contributed by atoms with van der Waals surface area (Å²) in [6.07, 6.45) is -1.98. The molecule has 0 aliphatic carbocycles. The summed E-state index contributed by atoms with van der Waals surface area (Å²) in [5.41, 5.74) is 11.0.